The van der Waals surface area contributed by atoms with Crippen molar-refractivity contribution >= 4 is 40.4 Å². The maximum atomic E-state index is 15.1. The average molecular weight is 620 g/mol. The molecule has 0 radical (unpaired) electrons. The minimum Gasteiger partial charge on any atom is -0.359 e. The first kappa shape index (κ1) is 31.0. The van der Waals surface area contributed by atoms with Crippen LogP contribution in [0.4, 0.5) is 10.1 Å². The summed E-state index contributed by atoms with van der Waals surface area (Å²) >= 11 is 0. The fourth-order valence-corrected chi connectivity index (χ4v) is 6.15. The van der Waals surface area contributed by atoms with E-state index in [9.17, 15) is 14.4 Å². The summed E-state index contributed by atoms with van der Waals surface area (Å²) < 4.78 is 17.0. The predicted octanol–water partition coefficient (Wildman–Crippen LogP) is 5.97. The first-order chi connectivity index (χ1) is 22.1. The molecule has 46 heavy (non-hydrogen) atoms. The van der Waals surface area contributed by atoms with Gasteiger partial charge in [-0.25, -0.2) is 4.39 Å². The normalized spacial score (nSPS) is 17.6. The van der Waals surface area contributed by atoms with E-state index in [-0.39, 0.29) is 23.3 Å². The Hall–Kier alpha value is -5.02. The van der Waals surface area contributed by atoms with Crippen LogP contribution in [-0.2, 0) is 16.6 Å². The molecule has 1 aliphatic heterocycles. The highest BCUT2D eigenvalue weighted by Crippen LogP contribution is 2.40. The lowest BCUT2D eigenvalue weighted by molar-refractivity contribution is -0.128. The second kappa shape index (κ2) is 12.8. The number of carbonyl (C=O) groups is 3. The average Bonchev–Trinajstić information content (AvgIpc) is 3.84. The largest absolute Gasteiger partial charge is 0.359 e. The van der Waals surface area contributed by atoms with Gasteiger partial charge < -0.3 is 20.1 Å². The van der Waals surface area contributed by atoms with E-state index < -0.39 is 5.82 Å². The summed E-state index contributed by atoms with van der Waals surface area (Å²) in [6.45, 7) is 3.37. The Morgan fingerprint density at radius 1 is 1.00 bits per heavy atom. The highest BCUT2D eigenvalue weighted by molar-refractivity contribution is 6.17. The van der Waals surface area contributed by atoms with Crippen molar-refractivity contribution in [2.24, 2.45) is 7.05 Å². The summed E-state index contributed by atoms with van der Waals surface area (Å²) in [6.07, 6.45) is 8.30. The molecule has 0 bridgehead atoms. The molecule has 9 heteroatoms. The van der Waals surface area contributed by atoms with Gasteiger partial charge in [-0.05, 0) is 98.0 Å². The van der Waals surface area contributed by atoms with Gasteiger partial charge in [0.05, 0.1) is 11.3 Å². The third-order valence-electron chi connectivity index (χ3n) is 8.87. The molecule has 0 spiro atoms. The van der Waals surface area contributed by atoms with Gasteiger partial charge in [0.15, 0.2) is 5.78 Å². The summed E-state index contributed by atoms with van der Waals surface area (Å²) in [5.74, 6) is -0.482. The van der Waals surface area contributed by atoms with Crippen LogP contribution in [-0.4, -0.2) is 59.7 Å². The van der Waals surface area contributed by atoms with Gasteiger partial charge >= 0.3 is 0 Å². The molecule has 2 aliphatic rings. The van der Waals surface area contributed by atoms with Crippen molar-refractivity contribution in [1.29, 1.82) is 0 Å². The molecule has 2 N–H and O–H groups in total. The lowest BCUT2D eigenvalue weighted by Crippen LogP contribution is -2.48. The number of fused-ring (bicyclic) bond motifs is 1. The summed E-state index contributed by atoms with van der Waals surface area (Å²) in [4.78, 5) is 41.5. The molecule has 1 aliphatic carbocycles. The SMILES string of the molecule is C/C(=C\C=C(\c1ccc2c(c1)c(C(=O)c1ccc(C3CC3)cc1F)cn2C)N(C)C=O)Nc1ccc(C2C(=O)NCCN2C)cc1. The van der Waals surface area contributed by atoms with Gasteiger partial charge in [0.25, 0.3) is 0 Å². The van der Waals surface area contributed by atoms with Gasteiger partial charge in [0.2, 0.25) is 12.3 Å². The van der Waals surface area contributed by atoms with Crippen molar-refractivity contribution < 1.29 is 18.8 Å². The maximum absolute atomic E-state index is 15.1. The number of halogens is 1. The second-order valence-corrected chi connectivity index (χ2v) is 12.3. The number of likely N-dealkylation sites (N-methyl/N-ethyl adjacent to an activating group) is 1. The number of carbonyl (C=O) groups excluding carboxylic acids is 3. The van der Waals surface area contributed by atoms with Crippen LogP contribution >= 0.6 is 0 Å². The zero-order valence-corrected chi connectivity index (χ0v) is 26.5. The Balaban J connectivity index is 1.26. The first-order valence-electron chi connectivity index (χ1n) is 15.5. The molecular formula is C37H38FN5O3. The standard InChI is InChI=1S/C37H38FN5O3/c1-23(40-28-12-8-25(9-13-28)35-37(46)39-17-18-41(35)2)5-15-33(43(4)22-44)27-11-16-34-30(19-27)31(21-42(34)3)36(45)29-14-10-26(20-32(29)38)24-6-7-24/h5,8-16,19-22,24,35,40H,6-7,17-18H2,1-4H3,(H,39,46)/b23-5+,33-15-. The molecule has 1 unspecified atom stereocenters. The van der Waals surface area contributed by atoms with Crippen LogP contribution in [0.1, 0.15) is 64.3 Å². The van der Waals surface area contributed by atoms with Crippen LogP contribution in [0.3, 0.4) is 0 Å². The van der Waals surface area contributed by atoms with E-state index in [4.69, 9.17) is 0 Å². The number of piperazine rings is 1. The third kappa shape index (κ3) is 6.23. The van der Waals surface area contributed by atoms with Crippen molar-refractivity contribution in [2.75, 3.05) is 32.5 Å². The Morgan fingerprint density at radius 3 is 2.41 bits per heavy atom. The molecule has 2 heterocycles. The fraction of sp³-hybridized carbons (Fsp3) is 0.270. The summed E-state index contributed by atoms with van der Waals surface area (Å²) in [7, 11) is 5.47. The van der Waals surface area contributed by atoms with Gasteiger partial charge in [-0.1, -0.05) is 24.3 Å². The lowest BCUT2D eigenvalue weighted by atomic mass is 9.98. The quantitative estimate of drug-likeness (QED) is 0.130. The number of aryl methyl sites for hydroxylation is 1. The molecule has 3 aromatic carbocycles. The number of hydrogen-bond donors (Lipinski definition) is 2. The van der Waals surface area contributed by atoms with E-state index in [0.717, 1.165) is 59.4 Å². The Morgan fingerprint density at radius 2 is 1.74 bits per heavy atom. The second-order valence-electron chi connectivity index (χ2n) is 12.3. The topological polar surface area (TPSA) is 86.7 Å². The van der Waals surface area contributed by atoms with Gasteiger partial charge in [0, 0.05) is 61.2 Å². The molecule has 4 aromatic rings. The summed E-state index contributed by atoms with van der Waals surface area (Å²) in [5, 5.41) is 6.97. The third-order valence-corrected chi connectivity index (χ3v) is 8.87. The number of aromatic nitrogens is 1. The Bertz CT molecular complexity index is 1890. The molecule has 1 saturated heterocycles. The molecule has 1 atom stereocenters. The minimum absolute atomic E-state index is 0.00219. The molecular weight excluding hydrogens is 581 g/mol. The van der Waals surface area contributed by atoms with Crippen LogP contribution in [0.2, 0.25) is 0 Å². The molecule has 2 amide bonds. The molecule has 236 valence electrons. The van der Waals surface area contributed by atoms with Crippen LogP contribution in [0.25, 0.3) is 16.6 Å². The highest BCUT2D eigenvalue weighted by atomic mass is 19.1. The van der Waals surface area contributed by atoms with Crippen molar-refractivity contribution in [2.45, 2.75) is 31.7 Å². The molecule has 6 rings (SSSR count). The number of nitrogens with zero attached hydrogens (tertiary/aromatic N) is 3. The smallest absolute Gasteiger partial charge is 0.241 e. The fourth-order valence-electron chi connectivity index (χ4n) is 6.15. The molecule has 1 aromatic heterocycles. The van der Waals surface area contributed by atoms with E-state index in [1.165, 1.54) is 11.0 Å². The van der Waals surface area contributed by atoms with Crippen molar-refractivity contribution in [3.63, 3.8) is 0 Å². The summed E-state index contributed by atoms with van der Waals surface area (Å²) in [5.41, 5.74) is 6.20. The number of benzene rings is 3. The van der Waals surface area contributed by atoms with Gasteiger partial charge in [-0.2, -0.15) is 0 Å². The zero-order chi connectivity index (χ0) is 32.5. The van der Waals surface area contributed by atoms with Crippen LogP contribution in [0, 0.1) is 5.82 Å². The van der Waals surface area contributed by atoms with Crippen LogP contribution in [0.15, 0.2) is 84.7 Å². The van der Waals surface area contributed by atoms with Crippen molar-refractivity contribution in [3.05, 3.63) is 118 Å². The van der Waals surface area contributed by atoms with E-state index in [2.05, 4.69) is 10.6 Å². The Labute approximate surface area is 268 Å². The van der Waals surface area contributed by atoms with E-state index in [1.807, 2.05) is 91.2 Å². The number of ketones is 1. The minimum atomic E-state index is -0.501. The number of nitrogens with one attached hydrogen (secondary N) is 2. The van der Waals surface area contributed by atoms with Gasteiger partial charge in [-0.3, -0.25) is 19.3 Å². The Kier molecular flexibility index (Phi) is 8.60. The monoisotopic (exact) mass is 619 g/mol. The van der Waals surface area contributed by atoms with E-state index in [0.29, 0.717) is 29.1 Å². The van der Waals surface area contributed by atoms with Crippen LogP contribution < -0.4 is 10.6 Å². The zero-order valence-electron chi connectivity index (χ0n) is 26.5. The van der Waals surface area contributed by atoms with Crippen LogP contribution in [0.5, 0.6) is 0 Å². The van der Waals surface area contributed by atoms with Crippen molar-refractivity contribution in [3.8, 4) is 0 Å². The number of amides is 2. The highest BCUT2D eigenvalue weighted by Gasteiger charge is 2.28. The predicted molar refractivity (Wildman–Crippen MR) is 179 cm³/mol. The molecule has 8 nitrogen and oxygen atoms in total. The number of rotatable bonds is 10. The van der Waals surface area contributed by atoms with Crippen molar-refractivity contribution in [1.82, 2.24) is 19.7 Å². The molecule has 1 saturated carbocycles. The first-order valence-corrected chi connectivity index (χ1v) is 15.5. The van der Waals surface area contributed by atoms with E-state index >= 15 is 4.39 Å². The lowest BCUT2D eigenvalue weighted by Gasteiger charge is -2.32. The maximum Gasteiger partial charge on any atom is 0.241 e. The number of allylic oxidation sites excluding steroid dienone is 3. The van der Waals surface area contributed by atoms with Gasteiger partial charge in [-0.15, -0.1) is 0 Å². The number of anilines is 1. The molecule has 2 fully saturated rings. The van der Waals surface area contributed by atoms with Gasteiger partial charge in [0.1, 0.15) is 11.9 Å². The summed E-state index contributed by atoms with van der Waals surface area (Å²) in [6, 6.07) is 18.1. The number of hydrogen-bond acceptors (Lipinski definition) is 5. The van der Waals surface area contributed by atoms with E-state index in [1.54, 1.807) is 19.3 Å².